The minimum absolute atomic E-state index is 0.208. The maximum Gasteiger partial charge on any atom is 0.404 e. The zero-order valence-electron chi connectivity index (χ0n) is 9.66. The molecular formula is C10H5BrClN5O2S. The van der Waals surface area contributed by atoms with E-state index >= 15 is 0 Å². The summed E-state index contributed by atoms with van der Waals surface area (Å²) in [4.78, 5) is 19.5. The summed E-state index contributed by atoms with van der Waals surface area (Å²) in [7, 11) is 0. The van der Waals surface area contributed by atoms with Gasteiger partial charge in [0.05, 0.1) is 11.3 Å². The standard InChI is InChI=1S/C10H5BrClN5O2S/c11-6-3-16(15-9(6)17(18)19)4-7-13-8(12)5-1-2-20-10(5)14-7/h1-3H,4H2. The van der Waals surface area contributed by atoms with Gasteiger partial charge in [-0.1, -0.05) is 11.6 Å². The lowest BCUT2D eigenvalue weighted by atomic mass is 10.4. The van der Waals surface area contributed by atoms with Crippen molar-refractivity contribution in [2.45, 2.75) is 6.54 Å². The summed E-state index contributed by atoms with van der Waals surface area (Å²) in [6, 6.07) is 1.85. The zero-order valence-corrected chi connectivity index (χ0v) is 12.8. The third-order valence-corrected chi connectivity index (χ3v) is 4.15. The van der Waals surface area contributed by atoms with Crippen molar-refractivity contribution in [1.82, 2.24) is 19.7 Å². The number of nitrogens with zero attached hydrogens (tertiary/aromatic N) is 5. The highest BCUT2D eigenvalue weighted by molar-refractivity contribution is 9.10. The minimum atomic E-state index is -0.559. The maximum atomic E-state index is 10.7. The molecule has 0 aromatic carbocycles. The molecule has 0 aliphatic rings. The van der Waals surface area contributed by atoms with E-state index < -0.39 is 4.92 Å². The second-order valence-corrected chi connectivity index (χ2v) is 5.93. The van der Waals surface area contributed by atoms with Gasteiger partial charge in [-0.3, -0.25) is 0 Å². The summed E-state index contributed by atoms with van der Waals surface area (Å²) in [5.41, 5.74) is 0. The largest absolute Gasteiger partial charge is 0.404 e. The predicted octanol–water partition coefficient (Wildman–Crippen LogP) is 3.26. The van der Waals surface area contributed by atoms with Gasteiger partial charge in [0.25, 0.3) is 0 Å². The predicted molar refractivity (Wildman–Crippen MR) is 78.1 cm³/mol. The number of aromatic nitrogens is 4. The van der Waals surface area contributed by atoms with Gasteiger partial charge in [-0.15, -0.1) is 11.3 Å². The molecule has 20 heavy (non-hydrogen) atoms. The summed E-state index contributed by atoms with van der Waals surface area (Å²) < 4.78 is 1.71. The Labute approximate surface area is 129 Å². The van der Waals surface area contributed by atoms with Crippen molar-refractivity contribution in [3.8, 4) is 0 Å². The Morgan fingerprint density at radius 1 is 1.50 bits per heavy atom. The molecule has 3 heterocycles. The molecule has 0 bridgehead atoms. The molecule has 0 saturated carbocycles. The van der Waals surface area contributed by atoms with Crippen LogP contribution >= 0.6 is 38.9 Å². The van der Waals surface area contributed by atoms with E-state index in [2.05, 4.69) is 31.0 Å². The lowest BCUT2D eigenvalue weighted by molar-refractivity contribution is -0.390. The van der Waals surface area contributed by atoms with E-state index in [1.807, 2.05) is 11.4 Å². The average Bonchev–Trinajstić information content (AvgIpc) is 2.96. The number of nitro groups is 1. The van der Waals surface area contributed by atoms with E-state index in [-0.39, 0.29) is 12.4 Å². The van der Waals surface area contributed by atoms with Crippen molar-refractivity contribution in [2.75, 3.05) is 0 Å². The molecule has 0 spiro atoms. The Kier molecular flexibility index (Phi) is 3.40. The molecule has 0 N–H and O–H groups in total. The van der Waals surface area contributed by atoms with E-state index in [4.69, 9.17) is 11.6 Å². The lowest BCUT2D eigenvalue weighted by Crippen LogP contribution is -2.05. The first kappa shape index (κ1) is 13.4. The second kappa shape index (κ2) is 5.08. The summed E-state index contributed by atoms with van der Waals surface area (Å²) in [5.74, 6) is 0.211. The molecule has 0 atom stereocenters. The first-order valence-corrected chi connectivity index (χ1v) is 7.36. The Balaban J connectivity index is 1.96. The van der Waals surface area contributed by atoms with Crippen LogP contribution in [-0.4, -0.2) is 24.7 Å². The van der Waals surface area contributed by atoms with E-state index in [9.17, 15) is 10.1 Å². The number of fused-ring (bicyclic) bond motifs is 1. The van der Waals surface area contributed by atoms with Crippen LogP contribution in [0.5, 0.6) is 0 Å². The van der Waals surface area contributed by atoms with Gasteiger partial charge in [0.2, 0.25) is 0 Å². The van der Waals surface area contributed by atoms with Gasteiger partial charge >= 0.3 is 5.82 Å². The molecule has 0 aliphatic carbocycles. The third kappa shape index (κ3) is 2.39. The van der Waals surface area contributed by atoms with Gasteiger partial charge in [-0.05, 0) is 32.3 Å². The summed E-state index contributed by atoms with van der Waals surface area (Å²) >= 11 is 10.6. The van der Waals surface area contributed by atoms with Crippen molar-refractivity contribution in [3.63, 3.8) is 0 Å². The number of thiophene rings is 1. The van der Waals surface area contributed by atoms with Crippen LogP contribution in [0.3, 0.4) is 0 Å². The van der Waals surface area contributed by atoms with Crippen LogP contribution in [0.4, 0.5) is 5.82 Å². The van der Waals surface area contributed by atoms with Crippen LogP contribution in [-0.2, 0) is 6.54 Å². The van der Waals surface area contributed by atoms with Crippen LogP contribution < -0.4 is 0 Å². The molecule has 0 radical (unpaired) electrons. The van der Waals surface area contributed by atoms with Crippen LogP contribution in [0, 0.1) is 10.1 Å². The molecule has 7 nitrogen and oxygen atoms in total. The fourth-order valence-corrected chi connectivity index (χ4v) is 3.22. The molecule has 10 heteroatoms. The van der Waals surface area contributed by atoms with Crippen molar-refractivity contribution < 1.29 is 4.92 Å². The van der Waals surface area contributed by atoms with Crippen LogP contribution in [0.15, 0.2) is 22.1 Å². The Morgan fingerprint density at radius 2 is 2.30 bits per heavy atom. The van der Waals surface area contributed by atoms with Crippen LogP contribution in [0.1, 0.15) is 5.82 Å². The van der Waals surface area contributed by atoms with Gasteiger partial charge in [-0.25, -0.2) is 9.97 Å². The third-order valence-electron chi connectivity index (χ3n) is 2.50. The van der Waals surface area contributed by atoms with Crippen LogP contribution in [0.2, 0.25) is 5.15 Å². The lowest BCUT2D eigenvalue weighted by Gasteiger charge is -1.99. The first-order valence-electron chi connectivity index (χ1n) is 5.31. The zero-order chi connectivity index (χ0) is 14.3. The molecule has 0 unspecified atom stereocenters. The molecule has 0 fully saturated rings. The summed E-state index contributed by atoms with van der Waals surface area (Å²) in [6.45, 7) is 0.208. The van der Waals surface area contributed by atoms with Crippen molar-refractivity contribution in [3.05, 3.63) is 43.2 Å². The quantitative estimate of drug-likeness (QED) is 0.399. The second-order valence-electron chi connectivity index (χ2n) is 3.83. The maximum absolute atomic E-state index is 10.7. The normalized spacial score (nSPS) is 11.1. The van der Waals surface area contributed by atoms with Crippen LogP contribution in [0.25, 0.3) is 10.2 Å². The topological polar surface area (TPSA) is 86.7 Å². The highest BCUT2D eigenvalue weighted by Crippen LogP contribution is 2.26. The van der Waals surface area contributed by atoms with E-state index in [1.165, 1.54) is 22.2 Å². The first-order chi connectivity index (χ1) is 9.54. The summed E-state index contributed by atoms with van der Waals surface area (Å²) in [6.07, 6.45) is 1.51. The fourth-order valence-electron chi connectivity index (χ4n) is 1.67. The van der Waals surface area contributed by atoms with Crippen molar-refractivity contribution >= 4 is 54.9 Å². The van der Waals surface area contributed by atoms with Gasteiger partial charge in [0.1, 0.15) is 21.0 Å². The van der Waals surface area contributed by atoms with E-state index in [1.54, 1.807) is 0 Å². The van der Waals surface area contributed by atoms with E-state index in [0.29, 0.717) is 15.5 Å². The molecule has 3 rings (SSSR count). The smallest absolute Gasteiger partial charge is 0.358 e. The SMILES string of the molecule is O=[N+]([O-])c1nn(Cc2nc(Cl)c3ccsc3n2)cc1Br. The van der Waals surface area contributed by atoms with Gasteiger partial charge < -0.3 is 10.1 Å². The number of halogens is 2. The number of hydrogen-bond acceptors (Lipinski definition) is 6. The Hall–Kier alpha value is -1.58. The monoisotopic (exact) mass is 373 g/mol. The molecule has 0 saturated heterocycles. The Morgan fingerprint density at radius 3 is 3.00 bits per heavy atom. The van der Waals surface area contributed by atoms with Gasteiger partial charge in [-0.2, -0.15) is 4.68 Å². The van der Waals surface area contributed by atoms with Crippen molar-refractivity contribution in [2.24, 2.45) is 0 Å². The highest BCUT2D eigenvalue weighted by Gasteiger charge is 2.19. The van der Waals surface area contributed by atoms with Crippen molar-refractivity contribution in [1.29, 1.82) is 0 Å². The molecular weight excluding hydrogens is 370 g/mol. The highest BCUT2D eigenvalue weighted by atomic mass is 79.9. The summed E-state index contributed by atoms with van der Waals surface area (Å²) in [5, 5.41) is 17.6. The molecule has 0 aliphatic heterocycles. The number of hydrogen-bond donors (Lipinski definition) is 0. The fraction of sp³-hybridized carbons (Fsp3) is 0.100. The number of rotatable bonds is 3. The van der Waals surface area contributed by atoms with E-state index in [0.717, 1.165) is 10.2 Å². The molecule has 102 valence electrons. The van der Waals surface area contributed by atoms with Gasteiger partial charge in [0, 0.05) is 5.39 Å². The molecule has 3 aromatic heterocycles. The molecule has 3 aromatic rings. The minimum Gasteiger partial charge on any atom is -0.358 e. The van der Waals surface area contributed by atoms with Gasteiger partial charge in [0.15, 0.2) is 5.82 Å². The Bertz CT molecular complexity index is 817. The molecule has 0 amide bonds. The average molecular weight is 375 g/mol.